The van der Waals surface area contributed by atoms with Crippen LogP contribution in [-0.4, -0.2) is 55.2 Å². The van der Waals surface area contributed by atoms with Crippen molar-refractivity contribution in [3.8, 4) is 11.5 Å². The summed E-state index contributed by atoms with van der Waals surface area (Å²) in [5.74, 6) is 0.731. The van der Waals surface area contributed by atoms with Gasteiger partial charge in [-0.2, -0.15) is 0 Å². The third-order valence-electron chi connectivity index (χ3n) is 5.14. The molecule has 6 nitrogen and oxygen atoms in total. The van der Waals surface area contributed by atoms with Gasteiger partial charge in [-0.1, -0.05) is 25.2 Å². The molecule has 166 valence electrons. The lowest BCUT2D eigenvalue weighted by Gasteiger charge is -2.25. The molecule has 1 amide bonds. The number of rotatable bonds is 7. The molecule has 0 saturated carbocycles. The smallest absolute Gasteiger partial charge is 0.260 e. The van der Waals surface area contributed by atoms with Gasteiger partial charge in [0.05, 0.1) is 10.2 Å². The van der Waals surface area contributed by atoms with Crippen molar-refractivity contribution in [2.45, 2.75) is 13.8 Å². The summed E-state index contributed by atoms with van der Waals surface area (Å²) >= 11 is 1.32. The molecular formula is C22H25ClFN3O3S. The van der Waals surface area contributed by atoms with Crippen molar-refractivity contribution in [3.05, 3.63) is 47.8 Å². The number of aromatic nitrogens is 1. The molecule has 0 bridgehead atoms. The lowest BCUT2D eigenvalue weighted by Crippen LogP contribution is -2.38. The maximum Gasteiger partial charge on any atom is 0.260 e. The molecule has 0 fully saturated rings. The van der Waals surface area contributed by atoms with E-state index in [1.165, 1.54) is 23.5 Å². The van der Waals surface area contributed by atoms with E-state index in [2.05, 4.69) is 23.7 Å². The van der Waals surface area contributed by atoms with Crippen molar-refractivity contribution < 1.29 is 18.7 Å². The van der Waals surface area contributed by atoms with Crippen molar-refractivity contribution in [2.24, 2.45) is 0 Å². The fourth-order valence-corrected chi connectivity index (χ4v) is 4.41. The van der Waals surface area contributed by atoms with Crippen LogP contribution < -0.4 is 14.4 Å². The van der Waals surface area contributed by atoms with Crippen LogP contribution in [0.2, 0.25) is 0 Å². The Kier molecular flexibility index (Phi) is 7.69. The fraction of sp³-hybridized carbons (Fsp3) is 0.364. The molecule has 0 radical (unpaired) electrons. The SMILES string of the molecule is CCN(CC)CCN(C(=O)c1ccc2c(c1)OCCO2)c1nc2ccc(F)cc2s1.Cl. The topological polar surface area (TPSA) is 54.9 Å². The summed E-state index contributed by atoms with van der Waals surface area (Å²) in [5.41, 5.74) is 1.18. The van der Waals surface area contributed by atoms with E-state index in [4.69, 9.17) is 9.47 Å². The number of nitrogens with zero attached hydrogens (tertiary/aromatic N) is 3. The van der Waals surface area contributed by atoms with Gasteiger partial charge in [0.25, 0.3) is 5.91 Å². The molecular weight excluding hydrogens is 441 g/mol. The van der Waals surface area contributed by atoms with Gasteiger partial charge < -0.3 is 14.4 Å². The highest BCUT2D eigenvalue weighted by Crippen LogP contribution is 2.33. The molecule has 31 heavy (non-hydrogen) atoms. The van der Waals surface area contributed by atoms with Crippen LogP contribution in [0.4, 0.5) is 9.52 Å². The molecule has 1 aliphatic rings. The van der Waals surface area contributed by atoms with Crippen LogP contribution >= 0.6 is 23.7 Å². The lowest BCUT2D eigenvalue weighted by molar-refractivity contribution is 0.0982. The molecule has 3 aromatic rings. The van der Waals surface area contributed by atoms with Crippen LogP contribution in [0.1, 0.15) is 24.2 Å². The average Bonchev–Trinajstić information content (AvgIpc) is 3.18. The molecule has 0 N–H and O–H groups in total. The number of amides is 1. The van der Waals surface area contributed by atoms with Crippen LogP contribution in [0.25, 0.3) is 10.2 Å². The second kappa shape index (κ2) is 10.3. The molecule has 0 spiro atoms. The number of benzene rings is 2. The highest BCUT2D eigenvalue weighted by Gasteiger charge is 2.24. The van der Waals surface area contributed by atoms with E-state index in [9.17, 15) is 9.18 Å². The van der Waals surface area contributed by atoms with Crippen LogP contribution in [0.3, 0.4) is 0 Å². The zero-order chi connectivity index (χ0) is 21.1. The zero-order valence-corrected chi connectivity index (χ0v) is 19.1. The highest BCUT2D eigenvalue weighted by molar-refractivity contribution is 7.22. The summed E-state index contributed by atoms with van der Waals surface area (Å²) in [7, 11) is 0. The Morgan fingerprint density at radius 1 is 1.06 bits per heavy atom. The molecule has 0 atom stereocenters. The molecule has 0 unspecified atom stereocenters. The number of thiazole rings is 1. The number of hydrogen-bond acceptors (Lipinski definition) is 6. The number of likely N-dealkylation sites (N-methyl/N-ethyl adjacent to an activating group) is 1. The molecule has 9 heteroatoms. The Bertz CT molecular complexity index is 1060. The van der Waals surface area contributed by atoms with E-state index in [1.54, 1.807) is 29.2 Å². The van der Waals surface area contributed by atoms with Crippen LogP contribution in [-0.2, 0) is 0 Å². The second-order valence-electron chi connectivity index (χ2n) is 6.95. The molecule has 1 aromatic heterocycles. The standard InChI is InChI=1S/C22H24FN3O3S.ClH/c1-3-25(4-2)9-10-26(22-24-17-7-6-16(23)14-20(17)30-22)21(27)15-5-8-18-19(13-15)29-12-11-28-18;/h5-8,13-14H,3-4,9-12H2,1-2H3;1H. The number of anilines is 1. The van der Waals surface area contributed by atoms with Gasteiger partial charge in [0.2, 0.25) is 0 Å². The second-order valence-corrected chi connectivity index (χ2v) is 7.96. The molecule has 4 rings (SSSR count). The minimum Gasteiger partial charge on any atom is -0.486 e. The molecule has 2 heterocycles. The third-order valence-corrected chi connectivity index (χ3v) is 6.18. The van der Waals surface area contributed by atoms with Gasteiger partial charge in [0, 0.05) is 18.7 Å². The number of hydrogen-bond donors (Lipinski definition) is 0. The van der Waals surface area contributed by atoms with Crippen molar-refractivity contribution in [1.29, 1.82) is 0 Å². The predicted molar refractivity (Wildman–Crippen MR) is 124 cm³/mol. The van der Waals surface area contributed by atoms with Crippen molar-refractivity contribution >= 4 is 45.0 Å². The van der Waals surface area contributed by atoms with E-state index in [0.717, 1.165) is 13.1 Å². The summed E-state index contributed by atoms with van der Waals surface area (Å²) in [6.07, 6.45) is 0. The largest absolute Gasteiger partial charge is 0.486 e. The van der Waals surface area contributed by atoms with Gasteiger partial charge in [0.1, 0.15) is 19.0 Å². The molecule has 1 aliphatic heterocycles. The number of ether oxygens (including phenoxy) is 2. The zero-order valence-electron chi connectivity index (χ0n) is 17.5. The monoisotopic (exact) mass is 465 g/mol. The van der Waals surface area contributed by atoms with Gasteiger partial charge in [-0.05, 0) is 49.5 Å². The van der Waals surface area contributed by atoms with Gasteiger partial charge in [-0.3, -0.25) is 9.69 Å². The first-order chi connectivity index (χ1) is 14.6. The quantitative estimate of drug-likeness (QED) is 0.509. The minimum atomic E-state index is -0.314. The van der Waals surface area contributed by atoms with Gasteiger partial charge >= 0.3 is 0 Å². The van der Waals surface area contributed by atoms with Crippen LogP contribution in [0.15, 0.2) is 36.4 Å². The molecule has 0 saturated heterocycles. The van der Waals surface area contributed by atoms with Gasteiger partial charge in [-0.25, -0.2) is 9.37 Å². The summed E-state index contributed by atoms with van der Waals surface area (Å²) < 4.78 is 25.6. The Morgan fingerprint density at radius 3 is 2.55 bits per heavy atom. The maximum atomic E-state index is 13.6. The van der Waals surface area contributed by atoms with E-state index in [-0.39, 0.29) is 24.1 Å². The Labute approximate surface area is 191 Å². The first kappa shape index (κ1) is 23.2. The molecule has 2 aromatic carbocycles. The van der Waals surface area contributed by atoms with E-state index in [1.807, 2.05) is 0 Å². The number of carbonyl (C=O) groups excluding carboxylic acids is 1. The fourth-order valence-electron chi connectivity index (χ4n) is 3.40. The highest BCUT2D eigenvalue weighted by atomic mass is 35.5. The normalized spacial score (nSPS) is 12.6. The van der Waals surface area contributed by atoms with Crippen LogP contribution in [0.5, 0.6) is 11.5 Å². The lowest BCUT2D eigenvalue weighted by atomic mass is 10.1. The van der Waals surface area contributed by atoms with E-state index < -0.39 is 0 Å². The summed E-state index contributed by atoms with van der Waals surface area (Å²) in [6.45, 7) is 8.14. The van der Waals surface area contributed by atoms with E-state index in [0.29, 0.717) is 58.7 Å². The predicted octanol–water partition coefficient (Wildman–Crippen LogP) is 4.62. The molecule has 0 aliphatic carbocycles. The number of carbonyl (C=O) groups is 1. The number of fused-ring (bicyclic) bond motifs is 2. The van der Waals surface area contributed by atoms with Crippen molar-refractivity contribution in [3.63, 3.8) is 0 Å². The van der Waals surface area contributed by atoms with Gasteiger partial charge in [0.15, 0.2) is 16.6 Å². The average molecular weight is 466 g/mol. The summed E-state index contributed by atoms with van der Waals surface area (Å²) in [5, 5.41) is 0.558. The maximum absolute atomic E-state index is 13.6. The van der Waals surface area contributed by atoms with Crippen LogP contribution in [0, 0.1) is 5.82 Å². The Morgan fingerprint density at radius 2 is 1.81 bits per heavy atom. The summed E-state index contributed by atoms with van der Waals surface area (Å²) in [6, 6.07) is 9.70. The number of halogens is 2. The van der Waals surface area contributed by atoms with Crippen molar-refractivity contribution in [1.82, 2.24) is 9.88 Å². The third kappa shape index (κ3) is 5.08. The first-order valence-corrected chi connectivity index (χ1v) is 10.9. The van der Waals surface area contributed by atoms with Crippen molar-refractivity contribution in [2.75, 3.05) is 44.3 Å². The Balaban J connectivity index is 0.00000272. The summed E-state index contributed by atoms with van der Waals surface area (Å²) in [4.78, 5) is 22.0. The minimum absolute atomic E-state index is 0. The van der Waals surface area contributed by atoms with E-state index >= 15 is 0 Å². The first-order valence-electron chi connectivity index (χ1n) is 10.1. The van der Waals surface area contributed by atoms with Gasteiger partial charge in [-0.15, -0.1) is 12.4 Å². The Hall–Kier alpha value is -2.42.